The molecule has 0 aliphatic heterocycles. The molecule has 0 atom stereocenters. The first kappa shape index (κ1) is 57.8. The van der Waals surface area contributed by atoms with E-state index < -0.39 is 0 Å². The van der Waals surface area contributed by atoms with Gasteiger partial charge in [-0.15, -0.1) is 0 Å². The summed E-state index contributed by atoms with van der Waals surface area (Å²) in [6.45, 7) is 16.6. The van der Waals surface area contributed by atoms with Crippen LogP contribution in [0, 0.1) is 0 Å². The van der Waals surface area contributed by atoms with Gasteiger partial charge in [-0.05, 0) is 50.4 Å². The van der Waals surface area contributed by atoms with Crippen LogP contribution in [-0.4, -0.2) is 56.0 Å². The number of methoxy groups -OCH3 is 3. The Balaban J connectivity index is -0.000000293. The van der Waals surface area contributed by atoms with Crippen LogP contribution in [0.4, 0.5) is 0 Å². The second-order valence-electron chi connectivity index (χ2n) is 9.99. The molecular weight excluding hydrogens is 710 g/mol. The summed E-state index contributed by atoms with van der Waals surface area (Å²) < 4.78 is 12.8. The third-order valence-corrected chi connectivity index (χ3v) is 10.2. The van der Waals surface area contributed by atoms with Crippen LogP contribution in [0.25, 0.3) is 0 Å². The van der Waals surface area contributed by atoms with Crippen molar-refractivity contribution in [1.82, 2.24) is 0 Å². The minimum absolute atomic E-state index is 0.171. The summed E-state index contributed by atoms with van der Waals surface area (Å²) in [7, 11) is 9.41. The lowest BCUT2D eigenvalue weighted by molar-refractivity contribution is 0.277. The van der Waals surface area contributed by atoms with E-state index in [4.69, 9.17) is 0 Å². The zero-order chi connectivity index (χ0) is 42.2. The fourth-order valence-corrected chi connectivity index (χ4v) is 6.75. The van der Waals surface area contributed by atoms with Gasteiger partial charge in [-0.3, -0.25) is 0 Å². The number of hydrogen-bond acceptors (Lipinski definition) is 3. The van der Waals surface area contributed by atoms with Crippen molar-refractivity contribution in [2.24, 2.45) is 0 Å². The highest BCUT2D eigenvalue weighted by molar-refractivity contribution is 7.72. The zero-order valence-electron chi connectivity index (χ0n) is 36.6. The Morgan fingerprint density at radius 3 is 0.436 bits per heavy atom. The average molecular weight is 785 g/mol. The first-order chi connectivity index (χ1) is 27.0. The Labute approximate surface area is 341 Å². The lowest BCUT2D eigenvalue weighted by atomic mass is 10.4. The van der Waals surface area contributed by atoms with Gasteiger partial charge in [0.05, 0.1) is 0 Å². The summed E-state index contributed by atoms with van der Waals surface area (Å²) >= 11 is 0. The maximum atomic E-state index is 4.25. The van der Waals surface area contributed by atoms with E-state index in [9.17, 15) is 0 Å². The molecule has 3 nitrogen and oxygen atoms in total. The molecule has 0 saturated carbocycles. The van der Waals surface area contributed by atoms with E-state index in [1.54, 1.807) is 42.7 Å². The van der Waals surface area contributed by atoms with Crippen LogP contribution < -0.4 is 21.2 Å². The molecule has 0 spiro atoms. The smallest absolute Gasteiger partial charge is 0.0351 e. The molecule has 55 heavy (non-hydrogen) atoms. The summed E-state index contributed by atoms with van der Waals surface area (Å²) in [6, 6.07) is 66.8. The molecule has 0 N–H and O–H groups in total. The Hall–Kier alpha value is -3.94. The quantitative estimate of drug-likeness (QED) is 0.167. The summed E-state index contributed by atoms with van der Waals surface area (Å²) in [4.78, 5) is 0. The molecule has 0 unspecified atom stereocenters. The van der Waals surface area contributed by atoms with E-state index in [0.29, 0.717) is 0 Å². The molecule has 6 rings (SSSR count). The second kappa shape index (κ2) is 50.1. The van der Waals surface area contributed by atoms with Crippen LogP contribution in [0.1, 0.15) is 41.5 Å². The van der Waals surface area contributed by atoms with Gasteiger partial charge < -0.3 is 14.2 Å². The van der Waals surface area contributed by atoms with Crippen LogP contribution in [0.15, 0.2) is 194 Å². The highest BCUT2D eigenvalue weighted by Gasteiger charge is 2.06. The van der Waals surface area contributed by atoms with Gasteiger partial charge in [-0.1, -0.05) is 236 Å². The fourth-order valence-electron chi connectivity index (χ4n) is 3.67. The maximum Gasteiger partial charge on any atom is 0.0351 e. The average Bonchev–Trinajstić information content (AvgIpc) is 3.29. The Morgan fingerprint density at radius 2 is 0.327 bits per heavy atom. The van der Waals surface area contributed by atoms with Crippen LogP contribution in [0.3, 0.4) is 0 Å². The van der Waals surface area contributed by atoms with Gasteiger partial charge in [0.2, 0.25) is 0 Å². The molecule has 6 aromatic rings. The lowest BCUT2D eigenvalue weighted by Crippen LogP contribution is -2.09. The monoisotopic (exact) mass is 785 g/mol. The number of ether oxygens (including phenoxy) is 3. The Morgan fingerprint density at radius 1 is 0.236 bits per heavy atom. The summed E-state index contributed by atoms with van der Waals surface area (Å²) in [5.41, 5.74) is 0. The van der Waals surface area contributed by atoms with Crippen molar-refractivity contribution < 1.29 is 14.2 Å². The van der Waals surface area contributed by atoms with Crippen molar-refractivity contribution >= 4 is 37.1 Å². The molecule has 0 saturated heterocycles. The van der Waals surface area contributed by atoms with Gasteiger partial charge in [0.15, 0.2) is 0 Å². The maximum absolute atomic E-state index is 4.25. The first-order valence-corrected chi connectivity index (χ1v) is 22.5. The SMILES string of the molecule is CC.CC.CC.COC.COC.COC.CP(c1ccccc1)c1ccccc1.CP(c1ccccc1)c1ccccc1.c1ccccc1.c1ccccc1. The van der Waals surface area contributed by atoms with Crippen molar-refractivity contribution in [2.75, 3.05) is 56.0 Å². The standard InChI is InChI=1S/2C13H13P.2C6H6.3C2H6O.3C2H6/c2*1-14(12-8-4-2-5-9-12)13-10-6-3-7-11-13;2*1-2-4-6-5-3-1;3*1-3-2;3*1-2/h2*2-11H,1H3;2*1-6H;3*1-2H3;3*1-2H3. The molecule has 5 heteroatoms. The van der Waals surface area contributed by atoms with E-state index in [2.05, 4.69) is 149 Å². The molecule has 0 aromatic heterocycles. The molecule has 0 fully saturated rings. The van der Waals surface area contributed by atoms with Crippen molar-refractivity contribution in [3.63, 3.8) is 0 Å². The lowest BCUT2D eigenvalue weighted by Gasteiger charge is -2.12. The molecule has 302 valence electrons. The van der Waals surface area contributed by atoms with Gasteiger partial charge in [-0.25, -0.2) is 0 Å². The van der Waals surface area contributed by atoms with Gasteiger partial charge in [0.1, 0.15) is 0 Å². The highest BCUT2D eigenvalue weighted by Crippen LogP contribution is 2.28. The molecule has 0 aliphatic carbocycles. The molecule has 0 amide bonds. The van der Waals surface area contributed by atoms with Gasteiger partial charge in [0.25, 0.3) is 0 Å². The zero-order valence-corrected chi connectivity index (χ0v) is 38.4. The molecule has 0 bridgehead atoms. The molecular formula is C50H74O3P2. The van der Waals surface area contributed by atoms with Gasteiger partial charge >= 0.3 is 0 Å². The molecule has 0 radical (unpaired) electrons. The molecule has 0 heterocycles. The van der Waals surface area contributed by atoms with Crippen molar-refractivity contribution in [3.8, 4) is 0 Å². The van der Waals surface area contributed by atoms with Gasteiger partial charge in [-0.2, -0.15) is 0 Å². The van der Waals surface area contributed by atoms with Crippen molar-refractivity contribution in [3.05, 3.63) is 194 Å². The predicted octanol–water partition coefficient (Wildman–Crippen LogP) is 12.7. The topological polar surface area (TPSA) is 27.7 Å². The van der Waals surface area contributed by atoms with Gasteiger partial charge in [0, 0.05) is 42.7 Å². The van der Waals surface area contributed by atoms with Crippen molar-refractivity contribution in [1.29, 1.82) is 0 Å². The molecule has 0 aliphatic rings. The number of benzene rings is 6. The van der Waals surface area contributed by atoms with Crippen LogP contribution in [-0.2, 0) is 14.2 Å². The van der Waals surface area contributed by atoms with E-state index in [1.807, 2.05) is 114 Å². The van der Waals surface area contributed by atoms with Crippen LogP contribution >= 0.6 is 15.8 Å². The highest BCUT2D eigenvalue weighted by atomic mass is 31.1. The summed E-state index contributed by atoms with van der Waals surface area (Å²) in [6.07, 6.45) is 0. The first-order valence-electron chi connectivity index (χ1n) is 18.9. The van der Waals surface area contributed by atoms with E-state index >= 15 is 0 Å². The summed E-state index contributed by atoms with van der Waals surface area (Å²) in [5.74, 6) is 0. The van der Waals surface area contributed by atoms with E-state index in [-0.39, 0.29) is 15.8 Å². The van der Waals surface area contributed by atoms with Crippen LogP contribution in [0.5, 0.6) is 0 Å². The minimum Gasteiger partial charge on any atom is -0.388 e. The molecule has 6 aromatic carbocycles. The van der Waals surface area contributed by atoms with E-state index in [1.165, 1.54) is 21.2 Å². The fraction of sp³-hybridized carbons (Fsp3) is 0.280. The van der Waals surface area contributed by atoms with Crippen molar-refractivity contribution in [2.45, 2.75) is 41.5 Å². The third kappa shape index (κ3) is 36.8. The van der Waals surface area contributed by atoms with Crippen LogP contribution in [0.2, 0.25) is 0 Å². The third-order valence-electron chi connectivity index (χ3n) is 5.91. The minimum atomic E-state index is -0.171. The normalized spacial score (nSPS) is 8.36. The number of rotatable bonds is 4. The number of hydrogen-bond donors (Lipinski definition) is 0. The predicted molar refractivity (Wildman–Crippen MR) is 256 cm³/mol. The Bertz CT molecular complexity index is 1190. The largest absolute Gasteiger partial charge is 0.388 e. The Kier molecular flexibility index (Phi) is 52.6. The second-order valence-corrected chi connectivity index (χ2v) is 14.3. The summed E-state index contributed by atoms with van der Waals surface area (Å²) in [5, 5.41) is 5.75. The van der Waals surface area contributed by atoms with E-state index in [0.717, 1.165) is 0 Å².